The van der Waals surface area contributed by atoms with Gasteiger partial charge in [0.2, 0.25) is 22.6 Å². The van der Waals surface area contributed by atoms with E-state index in [0.29, 0.717) is 5.16 Å². The van der Waals surface area contributed by atoms with Gasteiger partial charge in [0.25, 0.3) is 5.91 Å². The molecule has 0 aromatic carbocycles. The maximum Gasteiger partial charge on any atom is 0.313 e. The number of aromatic nitrogens is 4. The van der Waals surface area contributed by atoms with Gasteiger partial charge >= 0.3 is 5.97 Å². The number of carbonyl (C=O) groups excluding carboxylic acids is 2. The lowest BCUT2D eigenvalue weighted by Crippen LogP contribution is -2.75. The molecule has 3 unspecified atom stereocenters. The normalized spacial score (nSPS) is 29.8. The Morgan fingerprint density at radius 2 is 2.37 bits per heavy atom. The van der Waals surface area contributed by atoms with E-state index in [1.807, 2.05) is 0 Å². The highest BCUT2D eigenvalue weighted by atomic mass is 32.2. The number of β-lactam (4-membered cyclic amide) rings is 1. The summed E-state index contributed by atoms with van der Waals surface area (Å²) in [4.78, 5) is 48.2. The molecule has 0 aliphatic carbocycles. The van der Waals surface area contributed by atoms with E-state index in [2.05, 4.69) is 41.6 Å². The molecule has 1 aromatic rings. The zero-order valence-corrected chi connectivity index (χ0v) is 20.6. The lowest BCUT2D eigenvalue weighted by molar-refractivity contribution is -0.157. The summed E-state index contributed by atoms with van der Waals surface area (Å²) in [5.74, 6) is -1.05. The molecule has 0 radical (unpaired) electrons. The molecule has 2 amide bonds. The number of aliphatic carboxylic acids is 1. The summed E-state index contributed by atoms with van der Waals surface area (Å²) in [5, 5.41) is 27.5. The Labute approximate surface area is 211 Å². The fourth-order valence-corrected chi connectivity index (χ4v) is 6.88. The number of carboxylic acids is 1. The van der Waals surface area contributed by atoms with Crippen molar-refractivity contribution in [3.05, 3.63) is 0 Å². The number of oxime groups is 1. The van der Waals surface area contributed by atoms with Crippen LogP contribution in [-0.4, -0.2) is 102 Å². The predicted octanol–water partition coefficient (Wildman–Crippen LogP) is -2.24. The standard InChI is InChI=1S/C17H20N10O5S3/c1-3-4-27-15(21-24-25-27)34-7-16(14(30)31)5-26-12(29)9(13(26)33-6-16)20-11(28)10(22-32-2)17(18)19-8-35-23-17/h1,8-9,13,23H,4-7,18H2,2H3,(H,20,28)(H,30,31)/t9?,13-,16?,17?/m1/s1. The minimum Gasteiger partial charge on any atom is -0.481 e. The van der Waals surface area contributed by atoms with E-state index in [9.17, 15) is 19.5 Å². The summed E-state index contributed by atoms with van der Waals surface area (Å²) in [6.45, 7) is 0.118. The van der Waals surface area contributed by atoms with E-state index >= 15 is 0 Å². The topological polar surface area (TPSA) is 202 Å². The van der Waals surface area contributed by atoms with Crippen molar-refractivity contribution >= 4 is 64.5 Å². The van der Waals surface area contributed by atoms with Crippen LogP contribution in [0.5, 0.6) is 0 Å². The molecule has 0 spiro atoms. The molecule has 0 saturated carbocycles. The van der Waals surface area contributed by atoms with Crippen molar-refractivity contribution in [2.45, 2.75) is 28.9 Å². The second-order valence-corrected chi connectivity index (χ2v) is 10.4. The predicted molar refractivity (Wildman–Crippen MR) is 128 cm³/mol. The van der Waals surface area contributed by atoms with Crippen molar-refractivity contribution in [2.75, 3.05) is 25.2 Å². The maximum atomic E-state index is 12.9. The van der Waals surface area contributed by atoms with Crippen LogP contribution in [0.4, 0.5) is 0 Å². The van der Waals surface area contributed by atoms with Gasteiger partial charge in [-0.2, -0.15) is 0 Å². The summed E-state index contributed by atoms with van der Waals surface area (Å²) in [6.07, 6.45) is 5.30. The van der Waals surface area contributed by atoms with Crippen LogP contribution < -0.4 is 15.8 Å². The van der Waals surface area contributed by atoms with Crippen molar-refractivity contribution in [3.63, 3.8) is 0 Å². The minimum atomic E-state index is -1.61. The average molecular weight is 541 g/mol. The SMILES string of the molecule is C#CCn1nnnc1SCC1(C(=O)O)CS[C@@H]2C(NC(=O)C(=NOC)C3(N)N=CSN3)C(=O)N2C1. The summed E-state index contributed by atoms with van der Waals surface area (Å²) < 4.78 is 4.14. The van der Waals surface area contributed by atoms with Gasteiger partial charge in [-0.25, -0.2) is 14.4 Å². The molecule has 5 N–H and O–H groups in total. The highest BCUT2D eigenvalue weighted by molar-refractivity contribution is 8.10. The second-order valence-electron chi connectivity index (χ2n) is 7.66. The van der Waals surface area contributed by atoms with Crippen LogP contribution in [0.25, 0.3) is 0 Å². The number of fused-ring (bicyclic) bond motifs is 1. The number of hydrogen-bond acceptors (Lipinski definition) is 14. The molecule has 3 aliphatic heterocycles. The number of tetrazole rings is 1. The monoisotopic (exact) mass is 540 g/mol. The number of terminal acetylenes is 1. The lowest BCUT2D eigenvalue weighted by atomic mass is 9.89. The second kappa shape index (κ2) is 10.0. The Kier molecular flexibility index (Phi) is 7.23. The van der Waals surface area contributed by atoms with Crippen LogP contribution in [0.15, 0.2) is 15.3 Å². The van der Waals surface area contributed by atoms with Gasteiger partial charge in [0.15, 0.2) is 0 Å². The number of rotatable bonds is 9. The lowest BCUT2D eigenvalue weighted by Gasteiger charge is -2.53. The molecule has 3 aliphatic rings. The van der Waals surface area contributed by atoms with Crippen molar-refractivity contribution in [3.8, 4) is 12.3 Å². The van der Waals surface area contributed by atoms with Crippen molar-refractivity contribution < 1.29 is 24.3 Å². The van der Waals surface area contributed by atoms with Gasteiger partial charge in [-0.3, -0.25) is 20.1 Å². The summed E-state index contributed by atoms with van der Waals surface area (Å²) in [5.41, 5.74) is 5.99. The van der Waals surface area contributed by atoms with E-state index in [1.165, 1.54) is 34.0 Å². The van der Waals surface area contributed by atoms with Crippen LogP contribution in [0.1, 0.15) is 0 Å². The number of nitrogens with one attached hydrogen (secondary N) is 2. The first-order valence-electron chi connectivity index (χ1n) is 9.90. The Hall–Kier alpha value is -2.85. The van der Waals surface area contributed by atoms with Gasteiger partial charge in [-0.05, 0) is 22.4 Å². The quantitative estimate of drug-likeness (QED) is 0.0654. The van der Waals surface area contributed by atoms with Crippen LogP contribution in [0, 0.1) is 17.8 Å². The van der Waals surface area contributed by atoms with Crippen LogP contribution in [0.2, 0.25) is 0 Å². The van der Waals surface area contributed by atoms with Crippen molar-refractivity contribution in [1.29, 1.82) is 0 Å². The minimum absolute atomic E-state index is 0.0305. The maximum absolute atomic E-state index is 12.9. The fourth-order valence-electron chi connectivity index (χ4n) is 3.54. The van der Waals surface area contributed by atoms with E-state index in [0.717, 1.165) is 23.7 Å². The van der Waals surface area contributed by atoms with Gasteiger partial charge in [-0.15, -0.1) is 23.3 Å². The summed E-state index contributed by atoms with van der Waals surface area (Å²) in [6, 6.07) is -0.876. The van der Waals surface area contributed by atoms with Gasteiger partial charge < -0.3 is 20.2 Å². The van der Waals surface area contributed by atoms with Crippen LogP contribution in [0.3, 0.4) is 0 Å². The van der Waals surface area contributed by atoms with E-state index in [1.54, 1.807) is 0 Å². The zero-order chi connectivity index (χ0) is 25.2. The number of hydrogen-bond donors (Lipinski definition) is 4. The molecule has 35 heavy (non-hydrogen) atoms. The number of nitrogens with zero attached hydrogens (tertiary/aromatic N) is 7. The molecular weight excluding hydrogens is 520 g/mol. The molecule has 186 valence electrons. The highest BCUT2D eigenvalue weighted by Crippen LogP contribution is 2.44. The molecule has 2 saturated heterocycles. The van der Waals surface area contributed by atoms with E-state index in [-0.39, 0.29) is 30.3 Å². The molecule has 18 heteroatoms. The third-order valence-corrected chi connectivity index (χ3v) is 8.86. The Morgan fingerprint density at radius 3 is 3.03 bits per heavy atom. The largest absolute Gasteiger partial charge is 0.481 e. The fraction of sp³-hybridized carbons (Fsp3) is 0.529. The molecular formula is C17H20N10O5S3. The first-order valence-corrected chi connectivity index (χ1v) is 12.8. The van der Waals surface area contributed by atoms with Gasteiger partial charge in [0.05, 0.1) is 5.55 Å². The molecule has 15 nitrogen and oxygen atoms in total. The first kappa shape index (κ1) is 25.2. The molecule has 4 atom stereocenters. The molecule has 2 fully saturated rings. The van der Waals surface area contributed by atoms with Crippen LogP contribution >= 0.6 is 35.5 Å². The van der Waals surface area contributed by atoms with Crippen LogP contribution in [-0.2, 0) is 25.8 Å². The Morgan fingerprint density at radius 1 is 1.57 bits per heavy atom. The molecule has 4 heterocycles. The first-order chi connectivity index (χ1) is 16.7. The molecule has 0 bridgehead atoms. The highest BCUT2D eigenvalue weighted by Gasteiger charge is 2.58. The summed E-state index contributed by atoms with van der Waals surface area (Å²) >= 11 is 3.49. The molecule has 4 rings (SSSR count). The average Bonchev–Trinajstić information content (AvgIpc) is 3.48. The number of carbonyl (C=O) groups is 3. The Bertz CT molecular complexity index is 1140. The number of amides is 2. The number of thioether (sulfide) groups is 2. The zero-order valence-electron chi connectivity index (χ0n) is 18.2. The van der Waals surface area contributed by atoms with E-state index in [4.69, 9.17) is 17.0 Å². The van der Waals surface area contributed by atoms with E-state index < -0.39 is 40.4 Å². The Balaban J connectivity index is 1.42. The van der Waals surface area contributed by atoms with Gasteiger partial charge in [0, 0.05) is 18.1 Å². The van der Waals surface area contributed by atoms with Gasteiger partial charge in [-0.1, -0.05) is 22.8 Å². The number of nitrogens with two attached hydrogens (primary N) is 1. The third-order valence-electron chi connectivity index (χ3n) is 5.39. The third kappa shape index (κ3) is 4.69. The molecule has 1 aromatic heterocycles. The number of aliphatic imine (C=N–C) groups is 1. The summed E-state index contributed by atoms with van der Waals surface area (Å²) in [7, 11) is 1.25. The number of carboxylic acid groups (broad SMARTS) is 1. The van der Waals surface area contributed by atoms with Crippen molar-refractivity contribution in [1.82, 2.24) is 35.1 Å². The van der Waals surface area contributed by atoms with Gasteiger partial charge in [0.1, 0.15) is 30.5 Å². The smallest absolute Gasteiger partial charge is 0.313 e. The van der Waals surface area contributed by atoms with Crippen molar-refractivity contribution in [2.24, 2.45) is 21.3 Å².